The molecule has 1 aromatic carbocycles. The predicted molar refractivity (Wildman–Crippen MR) is 79.7 cm³/mol. The number of amides is 1. The summed E-state index contributed by atoms with van der Waals surface area (Å²) >= 11 is 1.48. The number of fused-ring (bicyclic) bond motifs is 1. The van der Waals surface area contributed by atoms with Gasteiger partial charge in [0.2, 0.25) is 5.91 Å². The number of nitrogens with zero attached hydrogens (tertiary/aromatic N) is 2. The monoisotopic (exact) mass is 321 g/mol. The molecule has 0 bridgehead atoms. The van der Waals surface area contributed by atoms with Gasteiger partial charge in [-0.05, 0) is 13.0 Å². The number of hydrogen-bond donors (Lipinski definition) is 1. The molecule has 2 heterocycles. The Hall–Kier alpha value is -2.28. The van der Waals surface area contributed by atoms with E-state index in [0.717, 1.165) is 11.0 Å². The van der Waals surface area contributed by atoms with E-state index in [1.807, 2.05) is 16.0 Å². The van der Waals surface area contributed by atoms with Crippen LogP contribution < -0.4 is 5.32 Å². The number of halogens is 2. The molecule has 4 nitrogen and oxygen atoms in total. The first kappa shape index (κ1) is 14.6. The molecule has 3 aromatic rings. The molecule has 22 heavy (non-hydrogen) atoms. The van der Waals surface area contributed by atoms with Crippen molar-refractivity contribution in [3.63, 3.8) is 0 Å². The standard InChI is InChI=1S/C15H13F2N3OS/c1-9(12-3-2-10(16)6-13(12)17)18-14(21)7-11-8-20-4-5-22-15(20)19-11/h2-6,8-9H,7H2,1H3,(H,18,21). The number of benzene rings is 1. The second-order valence-corrected chi connectivity index (χ2v) is 5.83. The molecule has 3 rings (SSSR count). The van der Waals surface area contributed by atoms with E-state index in [0.29, 0.717) is 5.69 Å². The number of carbonyl (C=O) groups is 1. The van der Waals surface area contributed by atoms with E-state index in [4.69, 9.17) is 0 Å². The van der Waals surface area contributed by atoms with Crippen molar-refractivity contribution in [3.8, 4) is 0 Å². The summed E-state index contributed by atoms with van der Waals surface area (Å²) < 4.78 is 28.4. The van der Waals surface area contributed by atoms with Gasteiger partial charge in [-0.2, -0.15) is 0 Å². The molecule has 2 aromatic heterocycles. The van der Waals surface area contributed by atoms with Crippen molar-refractivity contribution in [1.82, 2.24) is 14.7 Å². The molecule has 0 radical (unpaired) electrons. The zero-order valence-corrected chi connectivity index (χ0v) is 12.5. The molecule has 7 heteroatoms. The molecule has 114 valence electrons. The first-order valence-corrected chi connectivity index (χ1v) is 7.56. The normalized spacial score (nSPS) is 12.5. The molecule has 1 atom stereocenters. The Labute approximate surface area is 129 Å². The maximum Gasteiger partial charge on any atom is 0.226 e. The molecule has 1 unspecified atom stereocenters. The molecule has 0 aliphatic rings. The van der Waals surface area contributed by atoms with Crippen LogP contribution in [0, 0.1) is 11.6 Å². The van der Waals surface area contributed by atoms with E-state index in [1.165, 1.54) is 23.5 Å². The smallest absolute Gasteiger partial charge is 0.226 e. The molecule has 0 fully saturated rings. The van der Waals surface area contributed by atoms with Crippen molar-refractivity contribution >= 4 is 22.2 Å². The lowest BCUT2D eigenvalue weighted by molar-refractivity contribution is -0.121. The number of nitrogens with one attached hydrogen (secondary N) is 1. The molecule has 0 saturated carbocycles. The Kier molecular flexibility index (Phi) is 3.89. The number of imidazole rings is 1. The number of aromatic nitrogens is 2. The minimum atomic E-state index is -0.671. The van der Waals surface area contributed by atoms with E-state index >= 15 is 0 Å². The van der Waals surface area contributed by atoms with Gasteiger partial charge in [-0.3, -0.25) is 9.20 Å². The fraction of sp³-hybridized carbons (Fsp3) is 0.200. The van der Waals surface area contributed by atoms with E-state index < -0.39 is 17.7 Å². The Morgan fingerprint density at radius 3 is 3.00 bits per heavy atom. The first-order valence-electron chi connectivity index (χ1n) is 6.68. The SMILES string of the molecule is CC(NC(=O)Cc1cn2ccsc2n1)c1ccc(F)cc1F. The predicted octanol–water partition coefficient (Wildman–Crippen LogP) is 3.09. The molecule has 1 N–H and O–H groups in total. The molecular formula is C15H13F2N3OS. The van der Waals surface area contributed by atoms with Crippen LogP contribution in [-0.4, -0.2) is 15.3 Å². The highest BCUT2D eigenvalue weighted by Gasteiger charge is 2.15. The van der Waals surface area contributed by atoms with Crippen LogP contribution in [0.3, 0.4) is 0 Å². The molecule has 0 spiro atoms. The molecule has 0 aliphatic heterocycles. The second kappa shape index (κ2) is 5.84. The van der Waals surface area contributed by atoms with E-state index in [1.54, 1.807) is 13.1 Å². The summed E-state index contributed by atoms with van der Waals surface area (Å²) in [6.45, 7) is 1.65. The van der Waals surface area contributed by atoms with Crippen LogP contribution in [-0.2, 0) is 11.2 Å². The highest BCUT2D eigenvalue weighted by Crippen LogP contribution is 2.18. The number of thiazole rings is 1. The quantitative estimate of drug-likeness (QED) is 0.802. The average Bonchev–Trinajstić information content (AvgIpc) is 2.98. The lowest BCUT2D eigenvalue weighted by Crippen LogP contribution is -2.28. The third kappa shape index (κ3) is 2.99. The van der Waals surface area contributed by atoms with Gasteiger partial charge in [0.15, 0.2) is 4.96 Å². The van der Waals surface area contributed by atoms with Crippen LogP contribution in [0.4, 0.5) is 8.78 Å². The van der Waals surface area contributed by atoms with Crippen molar-refractivity contribution in [2.24, 2.45) is 0 Å². The van der Waals surface area contributed by atoms with Crippen LogP contribution in [0.5, 0.6) is 0 Å². The zero-order valence-electron chi connectivity index (χ0n) is 11.7. The van der Waals surface area contributed by atoms with E-state index in [-0.39, 0.29) is 17.9 Å². The third-order valence-corrected chi connectivity index (χ3v) is 4.06. The topological polar surface area (TPSA) is 46.4 Å². The summed E-state index contributed by atoms with van der Waals surface area (Å²) in [7, 11) is 0. The average molecular weight is 321 g/mol. The molecule has 0 aliphatic carbocycles. The van der Waals surface area contributed by atoms with Gasteiger partial charge in [-0.25, -0.2) is 13.8 Å². The van der Waals surface area contributed by atoms with Gasteiger partial charge in [-0.15, -0.1) is 11.3 Å². The Morgan fingerprint density at radius 2 is 2.27 bits per heavy atom. The lowest BCUT2D eigenvalue weighted by Gasteiger charge is -2.14. The van der Waals surface area contributed by atoms with Gasteiger partial charge in [0.1, 0.15) is 11.6 Å². The van der Waals surface area contributed by atoms with Crippen LogP contribution >= 0.6 is 11.3 Å². The van der Waals surface area contributed by atoms with E-state index in [9.17, 15) is 13.6 Å². The van der Waals surface area contributed by atoms with Crippen LogP contribution in [0.25, 0.3) is 4.96 Å². The third-order valence-electron chi connectivity index (χ3n) is 3.29. The largest absolute Gasteiger partial charge is 0.349 e. The van der Waals surface area contributed by atoms with Crippen molar-refractivity contribution in [3.05, 3.63) is 58.9 Å². The van der Waals surface area contributed by atoms with Gasteiger partial charge < -0.3 is 5.32 Å². The zero-order chi connectivity index (χ0) is 15.7. The van der Waals surface area contributed by atoms with Crippen LogP contribution in [0.2, 0.25) is 0 Å². The highest BCUT2D eigenvalue weighted by molar-refractivity contribution is 7.15. The Bertz CT molecular complexity index is 799. The van der Waals surface area contributed by atoms with Crippen molar-refractivity contribution in [2.75, 3.05) is 0 Å². The summed E-state index contributed by atoms with van der Waals surface area (Å²) in [5, 5.41) is 4.60. The minimum absolute atomic E-state index is 0.113. The number of carbonyl (C=O) groups excluding carboxylic acids is 1. The van der Waals surface area contributed by atoms with Gasteiger partial charge >= 0.3 is 0 Å². The second-order valence-electron chi connectivity index (χ2n) is 4.96. The van der Waals surface area contributed by atoms with Crippen LogP contribution in [0.1, 0.15) is 24.2 Å². The fourth-order valence-corrected chi connectivity index (χ4v) is 2.97. The minimum Gasteiger partial charge on any atom is -0.349 e. The Balaban J connectivity index is 1.66. The summed E-state index contributed by atoms with van der Waals surface area (Å²) in [4.78, 5) is 17.2. The van der Waals surface area contributed by atoms with Crippen molar-refractivity contribution < 1.29 is 13.6 Å². The van der Waals surface area contributed by atoms with Crippen LogP contribution in [0.15, 0.2) is 36.0 Å². The molecule has 0 saturated heterocycles. The molecular weight excluding hydrogens is 308 g/mol. The summed E-state index contributed by atoms with van der Waals surface area (Å²) in [6.07, 6.45) is 3.76. The summed E-state index contributed by atoms with van der Waals surface area (Å²) in [6, 6.07) is 2.77. The molecule has 1 amide bonds. The maximum atomic E-state index is 13.7. The van der Waals surface area contributed by atoms with Crippen molar-refractivity contribution in [1.29, 1.82) is 0 Å². The lowest BCUT2D eigenvalue weighted by atomic mass is 10.1. The van der Waals surface area contributed by atoms with Gasteiger partial charge in [0, 0.05) is 29.4 Å². The van der Waals surface area contributed by atoms with E-state index in [2.05, 4.69) is 10.3 Å². The summed E-state index contributed by atoms with van der Waals surface area (Å²) in [5.74, 6) is -1.57. The van der Waals surface area contributed by atoms with Crippen molar-refractivity contribution in [2.45, 2.75) is 19.4 Å². The number of hydrogen-bond acceptors (Lipinski definition) is 3. The van der Waals surface area contributed by atoms with Gasteiger partial charge in [0.05, 0.1) is 18.2 Å². The highest BCUT2D eigenvalue weighted by atomic mass is 32.1. The first-order chi connectivity index (χ1) is 10.5. The van der Waals surface area contributed by atoms with Gasteiger partial charge in [-0.1, -0.05) is 6.07 Å². The number of rotatable bonds is 4. The van der Waals surface area contributed by atoms with Gasteiger partial charge in [0.25, 0.3) is 0 Å². The summed E-state index contributed by atoms with van der Waals surface area (Å²) in [5.41, 5.74) is 0.900. The fourth-order valence-electron chi connectivity index (χ4n) is 2.25. The maximum absolute atomic E-state index is 13.7. The Morgan fingerprint density at radius 1 is 1.45 bits per heavy atom.